The van der Waals surface area contributed by atoms with Crippen molar-refractivity contribution in [3.63, 3.8) is 0 Å². The third-order valence-electron chi connectivity index (χ3n) is 3.34. The third kappa shape index (κ3) is 2.06. The summed E-state index contributed by atoms with van der Waals surface area (Å²) >= 11 is 0. The van der Waals surface area contributed by atoms with E-state index in [0.717, 1.165) is 27.8 Å². The minimum Gasteiger partial charge on any atom is -0.507 e. The van der Waals surface area contributed by atoms with Crippen LogP contribution in [0.25, 0.3) is 10.8 Å². The first-order valence-corrected chi connectivity index (χ1v) is 6.68. The van der Waals surface area contributed by atoms with E-state index in [0.29, 0.717) is 12.3 Å². The van der Waals surface area contributed by atoms with Gasteiger partial charge in [0, 0.05) is 31.3 Å². The number of phenolic OH excluding ortho intramolecular Hbond substituents is 1. The fourth-order valence-electron chi connectivity index (χ4n) is 2.63. The first-order valence-electron chi connectivity index (χ1n) is 6.68. The van der Waals surface area contributed by atoms with Crippen molar-refractivity contribution in [3.8, 4) is 17.2 Å². The summed E-state index contributed by atoms with van der Waals surface area (Å²) in [6, 6.07) is 7.59. The number of nitrogens with zero attached hydrogens (tertiary/aromatic N) is 1. The van der Waals surface area contributed by atoms with E-state index >= 15 is 0 Å². The Morgan fingerprint density at radius 1 is 1.15 bits per heavy atom. The molecular formula is C16H19NO3. The van der Waals surface area contributed by atoms with Gasteiger partial charge in [-0.15, -0.1) is 0 Å². The molecule has 4 nitrogen and oxygen atoms in total. The molecule has 1 heterocycles. The number of benzene rings is 2. The van der Waals surface area contributed by atoms with Crippen molar-refractivity contribution >= 4 is 10.8 Å². The van der Waals surface area contributed by atoms with Crippen molar-refractivity contribution in [2.24, 2.45) is 0 Å². The SMILES string of the molecule is CN(C)Cc1cc2c3c(cccc3c1O)OC(C)(C)O2. The maximum Gasteiger partial charge on any atom is 0.245 e. The van der Waals surface area contributed by atoms with E-state index in [1.165, 1.54) is 0 Å². The van der Waals surface area contributed by atoms with Crippen LogP contribution < -0.4 is 9.47 Å². The highest BCUT2D eigenvalue weighted by molar-refractivity contribution is 5.99. The third-order valence-corrected chi connectivity index (χ3v) is 3.34. The second-order valence-electron chi connectivity index (χ2n) is 5.90. The first-order chi connectivity index (χ1) is 9.37. The summed E-state index contributed by atoms with van der Waals surface area (Å²) in [7, 11) is 3.94. The normalized spacial score (nSPS) is 16.1. The van der Waals surface area contributed by atoms with Crippen LogP contribution in [0.2, 0.25) is 0 Å². The van der Waals surface area contributed by atoms with Gasteiger partial charge in [0.05, 0.1) is 5.39 Å². The van der Waals surface area contributed by atoms with Crippen molar-refractivity contribution < 1.29 is 14.6 Å². The minimum atomic E-state index is -0.701. The number of hydrogen-bond acceptors (Lipinski definition) is 4. The molecule has 0 aromatic heterocycles. The zero-order chi connectivity index (χ0) is 14.5. The molecule has 1 aliphatic heterocycles. The van der Waals surface area contributed by atoms with Crippen LogP contribution in [-0.2, 0) is 6.54 Å². The van der Waals surface area contributed by atoms with Crippen LogP contribution in [0.1, 0.15) is 19.4 Å². The number of aromatic hydroxyl groups is 1. The fourth-order valence-corrected chi connectivity index (χ4v) is 2.63. The predicted octanol–water partition coefficient (Wildman–Crippen LogP) is 3.11. The highest BCUT2D eigenvalue weighted by Crippen LogP contribution is 2.46. The molecule has 2 aromatic rings. The van der Waals surface area contributed by atoms with Gasteiger partial charge in [0.2, 0.25) is 5.79 Å². The predicted molar refractivity (Wildman–Crippen MR) is 78.3 cm³/mol. The van der Waals surface area contributed by atoms with Crippen LogP contribution in [-0.4, -0.2) is 29.9 Å². The first kappa shape index (κ1) is 13.1. The van der Waals surface area contributed by atoms with Crippen LogP contribution in [0.4, 0.5) is 0 Å². The van der Waals surface area contributed by atoms with Crippen molar-refractivity contribution in [1.29, 1.82) is 0 Å². The Morgan fingerprint density at radius 3 is 2.55 bits per heavy atom. The summed E-state index contributed by atoms with van der Waals surface area (Å²) in [5, 5.41) is 12.1. The van der Waals surface area contributed by atoms with Crippen LogP contribution in [0, 0.1) is 0 Å². The van der Waals surface area contributed by atoms with Crippen LogP contribution >= 0.6 is 0 Å². The molecule has 0 spiro atoms. The van der Waals surface area contributed by atoms with Gasteiger partial charge >= 0.3 is 0 Å². The summed E-state index contributed by atoms with van der Waals surface area (Å²) in [4.78, 5) is 2.02. The molecule has 0 fully saturated rings. The Bertz CT molecular complexity index is 677. The smallest absolute Gasteiger partial charge is 0.245 e. The summed E-state index contributed by atoms with van der Waals surface area (Å²) in [5.74, 6) is 1.11. The monoisotopic (exact) mass is 273 g/mol. The van der Waals surface area contributed by atoms with Crippen molar-refractivity contribution in [2.45, 2.75) is 26.2 Å². The highest BCUT2D eigenvalue weighted by Gasteiger charge is 2.31. The Hall–Kier alpha value is -1.94. The summed E-state index contributed by atoms with van der Waals surface area (Å²) < 4.78 is 11.7. The van der Waals surface area contributed by atoms with Crippen molar-refractivity contribution in [1.82, 2.24) is 4.90 Å². The van der Waals surface area contributed by atoms with E-state index in [9.17, 15) is 5.11 Å². The van der Waals surface area contributed by atoms with Crippen molar-refractivity contribution in [3.05, 3.63) is 29.8 Å². The van der Waals surface area contributed by atoms with Crippen LogP contribution in [0.5, 0.6) is 17.2 Å². The van der Waals surface area contributed by atoms with Gasteiger partial charge in [-0.1, -0.05) is 12.1 Å². The highest BCUT2D eigenvalue weighted by atomic mass is 16.7. The average molecular weight is 273 g/mol. The van der Waals surface area contributed by atoms with E-state index in [-0.39, 0.29) is 0 Å². The van der Waals surface area contributed by atoms with Gasteiger partial charge in [-0.2, -0.15) is 0 Å². The van der Waals surface area contributed by atoms with E-state index in [4.69, 9.17) is 9.47 Å². The molecule has 4 heteroatoms. The van der Waals surface area contributed by atoms with E-state index in [1.54, 1.807) is 0 Å². The maximum absolute atomic E-state index is 10.5. The summed E-state index contributed by atoms with van der Waals surface area (Å²) in [6.07, 6.45) is 0. The molecule has 0 saturated heterocycles. The lowest BCUT2D eigenvalue weighted by molar-refractivity contribution is -0.0862. The lowest BCUT2D eigenvalue weighted by Crippen LogP contribution is -2.37. The second kappa shape index (κ2) is 4.28. The largest absolute Gasteiger partial charge is 0.507 e. The average Bonchev–Trinajstić information content (AvgIpc) is 2.33. The Labute approximate surface area is 118 Å². The van der Waals surface area contributed by atoms with Gasteiger partial charge < -0.3 is 19.5 Å². The van der Waals surface area contributed by atoms with Crippen molar-refractivity contribution in [2.75, 3.05) is 14.1 Å². The van der Waals surface area contributed by atoms with Gasteiger partial charge in [-0.25, -0.2) is 0 Å². The molecule has 20 heavy (non-hydrogen) atoms. The number of rotatable bonds is 2. The summed E-state index contributed by atoms with van der Waals surface area (Å²) in [5.41, 5.74) is 0.854. The molecule has 2 aromatic carbocycles. The molecule has 3 rings (SSSR count). The standard InChI is InChI=1S/C16H19NO3/c1-16(2)19-12-7-5-6-11-14(12)13(20-16)8-10(15(11)18)9-17(3)4/h5-8,18H,9H2,1-4H3. The van der Waals surface area contributed by atoms with Crippen LogP contribution in [0.3, 0.4) is 0 Å². The van der Waals surface area contributed by atoms with Gasteiger partial charge in [0.1, 0.15) is 17.2 Å². The molecule has 106 valence electrons. The van der Waals surface area contributed by atoms with E-state index in [2.05, 4.69) is 0 Å². The zero-order valence-corrected chi connectivity index (χ0v) is 12.2. The number of ether oxygens (including phenoxy) is 2. The molecule has 0 amide bonds. The molecule has 0 atom stereocenters. The Morgan fingerprint density at radius 2 is 1.85 bits per heavy atom. The number of phenols is 1. The quantitative estimate of drug-likeness (QED) is 0.913. The molecule has 0 bridgehead atoms. The Kier molecular flexibility index (Phi) is 2.80. The maximum atomic E-state index is 10.5. The van der Waals surface area contributed by atoms with E-state index < -0.39 is 5.79 Å². The molecule has 0 radical (unpaired) electrons. The Balaban J connectivity index is 2.27. The van der Waals surface area contributed by atoms with Gasteiger partial charge in [-0.3, -0.25) is 0 Å². The minimum absolute atomic E-state index is 0.297. The molecule has 1 aliphatic rings. The van der Waals surface area contributed by atoms with Gasteiger partial charge in [-0.05, 0) is 26.2 Å². The number of hydrogen-bond donors (Lipinski definition) is 1. The lowest BCUT2D eigenvalue weighted by Gasteiger charge is -2.33. The van der Waals surface area contributed by atoms with E-state index in [1.807, 2.05) is 57.1 Å². The van der Waals surface area contributed by atoms with Gasteiger partial charge in [0.25, 0.3) is 0 Å². The topological polar surface area (TPSA) is 41.9 Å². The zero-order valence-electron chi connectivity index (χ0n) is 12.2. The summed E-state index contributed by atoms with van der Waals surface area (Å²) in [6.45, 7) is 4.42. The molecule has 0 unspecified atom stereocenters. The fraction of sp³-hybridized carbons (Fsp3) is 0.375. The van der Waals surface area contributed by atoms with Crippen LogP contribution in [0.15, 0.2) is 24.3 Å². The van der Waals surface area contributed by atoms with Gasteiger partial charge in [0.15, 0.2) is 0 Å². The lowest BCUT2D eigenvalue weighted by atomic mass is 10.0. The second-order valence-corrected chi connectivity index (χ2v) is 5.90. The molecule has 0 aliphatic carbocycles. The molecule has 0 saturated carbocycles. The molecular weight excluding hydrogens is 254 g/mol. The molecule has 1 N–H and O–H groups in total.